The molecule has 0 aliphatic carbocycles. The molecule has 0 fully saturated rings. The second-order valence-corrected chi connectivity index (χ2v) is 3.92. The summed E-state index contributed by atoms with van der Waals surface area (Å²) in [6.07, 6.45) is 0.833. The number of halogens is 1. The molecule has 0 amide bonds. The van der Waals surface area contributed by atoms with Gasteiger partial charge in [0.05, 0.1) is 6.10 Å². The number of carbonyl (C=O) groups is 1. The maximum Gasteiger partial charge on any atom is 0.150 e. The predicted molar refractivity (Wildman–Crippen MR) is 61.4 cm³/mol. The van der Waals surface area contributed by atoms with Gasteiger partial charge in [-0.25, -0.2) is 4.39 Å². The SMILES string of the molecule is CC(O)CCN(C)c1cc(F)cc(C=O)c1. The van der Waals surface area contributed by atoms with Crippen LogP contribution in [0.2, 0.25) is 0 Å². The molecule has 0 radical (unpaired) electrons. The van der Waals surface area contributed by atoms with E-state index in [1.54, 1.807) is 20.0 Å². The average molecular weight is 225 g/mol. The molecule has 16 heavy (non-hydrogen) atoms. The zero-order valence-electron chi connectivity index (χ0n) is 9.48. The highest BCUT2D eigenvalue weighted by atomic mass is 19.1. The number of rotatable bonds is 5. The van der Waals surface area contributed by atoms with E-state index < -0.39 is 5.82 Å². The molecule has 0 heterocycles. The lowest BCUT2D eigenvalue weighted by molar-refractivity contribution is 0.112. The van der Waals surface area contributed by atoms with Gasteiger partial charge in [-0.1, -0.05) is 0 Å². The van der Waals surface area contributed by atoms with Crippen LogP contribution in [0.3, 0.4) is 0 Å². The van der Waals surface area contributed by atoms with Crippen LogP contribution in [0.1, 0.15) is 23.7 Å². The molecule has 0 aromatic heterocycles. The Morgan fingerprint density at radius 2 is 2.19 bits per heavy atom. The Balaban J connectivity index is 2.78. The fraction of sp³-hybridized carbons (Fsp3) is 0.417. The van der Waals surface area contributed by atoms with Crippen molar-refractivity contribution in [1.29, 1.82) is 0 Å². The zero-order chi connectivity index (χ0) is 12.1. The Bertz CT molecular complexity index is 366. The van der Waals surface area contributed by atoms with E-state index in [0.29, 0.717) is 30.5 Å². The van der Waals surface area contributed by atoms with Crippen LogP contribution in [0.15, 0.2) is 18.2 Å². The largest absolute Gasteiger partial charge is 0.393 e. The maximum atomic E-state index is 13.1. The first-order valence-corrected chi connectivity index (χ1v) is 5.18. The van der Waals surface area contributed by atoms with Crippen LogP contribution in [-0.4, -0.2) is 31.1 Å². The summed E-state index contributed by atoms with van der Waals surface area (Å²) in [7, 11) is 1.80. The quantitative estimate of drug-likeness (QED) is 0.777. The number of aliphatic hydroxyl groups is 1. The van der Waals surface area contributed by atoms with Gasteiger partial charge >= 0.3 is 0 Å². The molecule has 0 saturated carbocycles. The van der Waals surface area contributed by atoms with Gasteiger partial charge in [0.25, 0.3) is 0 Å². The van der Waals surface area contributed by atoms with E-state index in [0.717, 1.165) is 0 Å². The summed E-state index contributed by atoms with van der Waals surface area (Å²) in [5.41, 5.74) is 0.960. The van der Waals surface area contributed by atoms with E-state index in [9.17, 15) is 9.18 Å². The molecule has 0 aliphatic heterocycles. The van der Waals surface area contributed by atoms with Gasteiger partial charge in [0, 0.05) is 24.8 Å². The smallest absolute Gasteiger partial charge is 0.150 e. The second kappa shape index (κ2) is 5.61. The first-order valence-electron chi connectivity index (χ1n) is 5.18. The number of hydrogen-bond donors (Lipinski definition) is 1. The third-order valence-corrected chi connectivity index (χ3v) is 2.36. The van der Waals surface area contributed by atoms with Gasteiger partial charge in [-0.05, 0) is 31.5 Å². The van der Waals surface area contributed by atoms with E-state index in [4.69, 9.17) is 5.11 Å². The molecule has 0 aliphatic rings. The summed E-state index contributed by atoms with van der Waals surface area (Å²) in [5.74, 6) is -0.427. The second-order valence-electron chi connectivity index (χ2n) is 3.92. The number of aldehydes is 1. The fourth-order valence-electron chi connectivity index (χ4n) is 1.39. The van der Waals surface area contributed by atoms with Crippen molar-refractivity contribution in [3.63, 3.8) is 0 Å². The summed E-state index contributed by atoms with van der Waals surface area (Å²) in [6.45, 7) is 2.32. The van der Waals surface area contributed by atoms with Crippen molar-refractivity contribution in [1.82, 2.24) is 0 Å². The Morgan fingerprint density at radius 3 is 2.75 bits per heavy atom. The summed E-state index contributed by atoms with van der Waals surface area (Å²) in [6, 6.07) is 4.19. The highest BCUT2D eigenvalue weighted by molar-refractivity contribution is 5.77. The molecule has 4 heteroatoms. The van der Waals surface area contributed by atoms with Crippen molar-refractivity contribution in [2.45, 2.75) is 19.4 Å². The number of aliphatic hydroxyl groups excluding tert-OH is 1. The van der Waals surface area contributed by atoms with Gasteiger partial charge < -0.3 is 10.0 Å². The van der Waals surface area contributed by atoms with Crippen LogP contribution in [0.4, 0.5) is 10.1 Å². The molecular weight excluding hydrogens is 209 g/mol. The van der Waals surface area contributed by atoms with Crippen LogP contribution in [0, 0.1) is 5.82 Å². The van der Waals surface area contributed by atoms with E-state index >= 15 is 0 Å². The predicted octanol–water partition coefficient (Wildman–Crippen LogP) is 1.85. The Labute approximate surface area is 94.5 Å². The summed E-state index contributed by atoms with van der Waals surface area (Å²) < 4.78 is 13.1. The van der Waals surface area contributed by atoms with Crippen molar-refractivity contribution in [2.24, 2.45) is 0 Å². The number of carbonyl (C=O) groups excluding carboxylic acids is 1. The van der Waals surface area contributed by atoms with E-state index in [-0.39, 0.29) is 6.10 Å². The van der Waals surface area contributed by atoms with Crippen molar-refractivity contribution in [2.75, 3.05) is 18.5 Å². The van der Waals surface area contributed by atoms with Crippen LogP contribution in [0.5, 0.6) is 0 Å². The summed E-state index contributed by atoms with van der Waals surface area (Å²) in [4.78, 5) is 12.4. The first-order chi connectivity index (χ1) is 7.52. The van der Waals surface area contributed by atoms with Gasteiger partial charge in [-0.2, -0.15) is 0 Å². The molecule has 1 N–H and O–H groups in total. The van der Waals surface area contributed by atoms with Crippen LogP contribution in [-0.2, 0) is 0 Å². The standard InChI is InChI=1S/C12H16FNO2/c1-9(16)3-4-14(2)12-6-10(8-15)5-11(13)7-12/h5-9,16H,3-4H2,1-2H3. The minimum Gasteiger partial charge on any atom is -0.393 e. The topological polar surface area (TPSA) is 40.5 Å². The average Bonchev–Trinajstić information content (AvgIpc) is 2.24. The van der Waals surface area contributed by atoms with E-state index in [1.807, 2.05) is 4.90 Å². The number of hydrogen-bond acceptors (Lipinski definition) is 3. The Kier molecular flexibility index (Phi) is 4.43. The number of anilines is 1. The number of benzene rings is 1. The third-order valence-electron chi connectivity index (χ3n) is 2.36. The molecule has 0 saturated heterocycles. The van der Waals surface area contributed by atoms with E-state index in [1.165, 1.54) is 12.1 Å². The third kappa shape index (κ3) is 3.62. The number of nitrogens with zero attached hydrogens (tertiary/aromatic N) is 1. The molecule has 0 spiro atoms. The molecule has 1 atom stereocenters. The van der Waals surface area contributed by atoms with Gasteiger partial charge in [0.2, 0.25) is 0 Å². The molecule has 1 aromatic rings. The van der Waals surface area contributed by atoms with Crippen molar-refractivity contribution in [3.8, 4) is 0 Å². The molecule has 1 rings (SSSR count). The van der Waals surface area contributed by atoms with Crippen LogP contribution < -0.4 is 4.90 Å². The van der Waals surface area contributed by atoms with Gasteiger partial charge in [-0.15, -0.1) is 0 Å². The first kappa shape index (κ1) is 12.6. The fourth-order valence-corrected chi connectivity index (χ4v) is 1.39. The Morgan fingerprint density at radius 1 is 1.50 bits per heavy atom. The lowest BCUT2D eigenvalue weighted by atomic mass is 10.2. The highest BCUT2D eigenvalue weighted by Gasteiger charge is 2.06. The molecule has 88 valence electrons. The van der Waals surface area contributed by atoms with Crippen LogP contribution in [0.25, 0.3) is 0 Å². The summed E-state index contributed by atoms with van der Waals surface area (Å²) >= 11 is 0. The monoisotopic (exact) mass is 225 g/mol. The molecule has 1 aromatic carbocycles. The van der Waals surface area contributed by atoms with Gasteiger partial charge in [0.1, 0.15) is 12.1 Å². The van der Waals surface area contributed by atoms with Crippen molar-refractivity contribution in [3.05, 3.63) is 29.6 Å². The zero-order valence-corrected chi connectivity index (χ0v) is 9.48. The maximum absolute atomic E-state index is 13.1. The molecular formula is C12H16FNO2. The van der Waals surface area contributed by atoms with Crippen molar-refractivity contribution < 1.29 is 14.3 Å². The van der Waals surface area contributed by atoms with Crippen molar-refractivity contribution >= 4 is 12.0 Å². The molecule has 1 unspecified atom stereocenters. The van der Waals surface area contributed by atoms with Gasteiger partial charge in [0.15, 0.2) is 0 Å². The van der Waals surface area contributed by atoms with Crippen LogP contribution >= 0.6 is 0 Å². The lowest BCUT2D eigenvalue weighted by Crippen LogP contribution is -2.22. The highest BCUT2D eigenvalue weighted by Crippen LogP contribution is 2.17. The summed E-state index contributed by atoms with van der Waals surface area (Å²) in [5, 5.41) is 9.15. The Hall–Kier alpha value is -1.42. The normalized spacial score (nSPS) is 12.2. The lowest BCUT2D eigenvalue weighted by Gasteiger charge is -2.20. The minimum absolute atomic E-state index is 0.318. The van der Waals surface area contributed by atoms with E-state index in [2.05, 4.69) is 0 Å². The molecule has 3 nitrogen and oxygen atoms in total. The van der Waals surface area contributed by atoms with Gasteiger partial charge in [-0.3, -0.25) is 4.79 Å². The molecule has 0 bridgehead atoms. The minimum atomic E-state index is -0.427.